The number of anilines is 2. The lowest BCUT2D eigenvalue weighted by Gasteiger charge is -2.17. The van der Waals surface area contributed by atoms with Gasteiger partial charge in [0.15, 0.2) is 0 Å². The second kappa shape index (κ2) is 14.8. The molecule has 7 heteroatoms. The lowest BCUT2D eigenvalue weighted by Crippen LogP contribution is -2.17. The second-order valence-electron chi connectivity index (χ2n) is 11.8. The number of benzene rings is 2. The maximum absolute atomic E-state index is 6.44. The van der Waals surface area contributed by atoms with Gasteiger partial charge in [0.05, 0.1) is 5.56 Å². The van der Waals surface area contributed by atoms with Gasteiger partial charge in [0.25, 0.3) is 0 Å². The third kappa shape index (κ3) is 8.11. The number of aryl methyl sites for hydroxylation is 4. The summed E-state index contributed by atoms with van der Waals surface area (Å²) >= 11 is 6.44. The van der Waals surface area contributed by atoms with Gasteiger partial charge in [0, 0.05) is 23.8 Å². The van der Waals surface area contributed by atoms with Gasteiger partial charge >= 0.3 is 0 Å². The van der Waals surface area contributed by atoms with Crippen LogP contribution >= 0.6 is 11.6 Å². The van der Waals surface area contributed by atoms with E-state index in [9.17, 15) is 0 Å². The molecule has 2 fully saturated rings. The fourth-order valence-electron chi connectivity index (χ4n) is 6.04. The van der Waals surface area contributed by atoms with Crippen molar-refractivity contribution in [3.63, 3.8) is 0 Å². The largest absolute Gasteiger partial charge is 0.367 e. The van der Waals surface area contributed by atoms with Gasteiger partial charge in [-0.25, -0.2) is 19.9 Å². The maximum Gasteiger partial charge on any atom is 0.142 e. The minimum absolute atomic E-state index is 0.499. The van der Waals surface area contributed by atoms with Crippen LogP contribution in [0, 0.1) is 13.8 Å². The maximum atomic E-state index is 6.44. The molecule has 2 heterocycles. The molecule has 0 aliphatic heterocycles. The van der Waals surface area contributed by atoms with Gasteiger partial charge < -0.3 is 10.6 Å². The van der Waals surface area contributed by atoms with Crippen molar-refractivity contribution in [3.05, 3.63) is 82.7 Å². The Morgan fingerprint density at radius 2 is 1.14 bits per heavy atom. The van der Waals surface area contributed by atoms with Crippen molar-refractivity contribution in [1.82, 2.24) is 19.9 Å². The first-order valence-electron chi connectivity index (χ1n) is 16.0. The Bertz CT molecular complexity index is 1470. The minimum Gasteiger partial charge on any atom is -0.367 e. The fourth-order valence-corrected chi connectivity index (χ4v) is 6.36. The molecule has 43 heavy (non-hydrogen) atoms. The number of halogens is 1. The molecular formula is C36H45ClN6. The highest BCUT2D eigenvalue weighted by molar-refractivity contribution is 6.32. The summed E-state index contributed by atoms with van der Waals surface area (Å²) in [6, 6.07) is 18.3. The van der Waals surface area contributed by atoms with E-state index in [0.29, 0.717) is 23.1 Å². The van der Waals surface area contributed by atoms with E-state index in [-0.39, 0.29) is 0 Å². The number of rotatable bonds is 8. The summed E-state index contributed by atoms with van der Waals surface area (Å²) in [6.45, 7) is 8.17. The zero-order chi connectivity index (χ0) is 30.2. The van der Waals surface area contributed by atoms with Crippen LogP contribution in [0.4, 0.5) is 11.6 Å². The van der Waals surface area contributed by atoms with Crippen molar-refractivity contribution in [2.75, 3.05) is 10.6 Å². The van der Waals surface area contributed by atoms with E-state index in [4.69, 9.17) is 11.6 Å². The molecule has 0 saturated heterocycles. The molecule has 0 amide bonds. The van der Waals surface area contributed by atoms with Gasteiger partial charge in [0.2, 0.25) is 0 Å². The zero-order valence-electron chi connectivity index (χ0n) is 26.1. The molecule has 2 aliphatic carbocycles. The Morgan fingerprint density at radius 3 is 1.67 bits per heavy atom. The van der Waals surface area contributed by atoms with Crippen LogP contribution in [0.25, 0.3) is 22.3 Å². The first kappa shape index (κ1) is 30.9. The summed E-state index contributed by atoms with van der Waals surface area (Å²) in [4.78, 5) is 18.0. The molecule has 2 aliphatic rings. The monoisotopic (exact) mass is 596 g/mol. The summed E-state index contributed by atoms with van der Waals surface area (Å²) < 4.78 is 0. The number of hydrogen-bond acceptors (Lipinski definition) is 6. The van der Waals surface area contributed by atoms with E-state index in [1.165, 1.54) is 68.1 Å². The molecule has 2 N–H and O–H groups in total. The fraction of sp³-hybridized carbons (Fsp3) is 0.444. The number of hydrogen-bond donors (Lipinski definition) is 2. The summed E-state index contributed by atoms with van der Waals surface area (Å²) in [5.74, 6) is 3.39. The van der Waals surface area contributed by atoms with E-state index < -0.39 is 0 Å². The standard InChI is InChI=1S/C18H22ClN3.C18H23N3/c1-3-13-8-10-14(11-9-13)16-17(19)20-12(2)21-18(16)22-15-6-4-5-7-15;1-3-14-8-10-15(11-9-14)17-12-19-13(2)20-18(17)21-16-6-4-5-7-16/h8-11,15H,3-7H2,1-2H3,(H,20,21,22);8-12,16H,3-7H2,1-2H3,(H,19,20,21). The quantitative estimate of drug-likeness (QED) is 0.197. The van der Waals surface area contributed by atoms with Gasteiger partial charge in [-0.3, -0.25) is 0 Å². The molecule has 0 spiro atoms. The first-order chi connectivity index (χ1) is 20.9. The van der Waals surface area contributed by atoms with E-state index in [0.717, 1.165) is 47.0 Å². The SMILES string of the molecule is CCc1ccc(-c2c(Cl)nc(C)nc2NC2CCCC2)cc1.CCc1ccc(-c2cnc(C)nc2NC2CCCC2)cc1. The highest BCUT2D eigenvalue weighted by atomic mass is 35.5. The molecule has 0 atom stereocenters. The topological polar surface area (TPSA) is 75.6 Å². The van der Waals surface area contributed by atoms with Gasteiger partial charge in [-0.2, -0.15) is 0 Å². The molecule has 4 aromatic rings. The third-order valence-electron chi connectivity index (χ3n) is 8.60. The minimum atomic E-state index is 0.499. The molecule has 2 saturated carbocycles. The van der Waals surface area contributed by atoms with Gasteiger partial charge in [0.1, 0.15) is 28.4 Å². The summed E-state index contributed by atoms with van der Waals surface area (Å²) in [6.07, 6.45) is 14.2. The van der Waals surface area contributed by atoms with Gasteiger partial charge in [-0.05, 0) is 74.6 Å². The van der Waals surface area contributed by atoms with Crippen molar-refractivity contribution in [2.24, 2.45) is 0 Å². The van der Waals surface area contributed by atoms with Crippen LogP contribution in [0.15, 0.2) is 54.7 Å². The van der Waals surface area contributed by atoms with Gasteiger partial charge in [-0.1, -0.05) is 99.7 Å². The van der Waals surface area contributed by atoms with Crippen molar-refractivity contribution in [3.8, 4) is 22.3 Å². The van der Waals surface area contributed by atoms with Crippen LogP contribution < -0.4 is 10.6 Å². The van der Waals surface area contributed by atoms with E-state index in [2.05, 4.69) is 92.9 Å². The van der Waals surface area contributed by atoms with Crippen LogP contribution in [-0.2, 0) is 12.8 Å². The van der Waals surface area contributed by atoms with Crippen molar-refractivity contribution in [1.29, 1.82) is 0 Å². The summed E-state index contributed by atoms with van der Waals surface area (Å²) in [5, 5.41) is 7.73. The Labute approximate surface area is 262 Å². The molecule has 226 valence electrons. The molecule has 6 rings (SSSR count). The average molecular weight is 597 g/mol. The molecule has 0 radical (unpaired) electrons. The predicted octanol–water partition coefficient (Wildman–Crippen LogP) is 9.39. The van der Waals surface area contributed by atoms with Crippen molar-refractivity contribution >= 4 is 23.2 Å². The van der Waals surface area contributed by atoms with Crippen LogP contribution in [-0.4, -0.2) is 32.0 Å². The highest BCUT2D eigenvalue weighted by Crippen LogP contribution is 2.35. The Hall–Kier alpha value is -3.51. The number of nitrogens with zero attached hydrogens (tertiary/aromatic N) is 4. The lowest BCUT2D eigenvalue weighted by atomic mass is 10.0. The molecule has 2 aromatic carbocycles. The Morgan fingerprint density at radius 1 is 0.651 bits per heavy atom. The smallest absolute Gasteiger partial charge is 0.142 e. The van der Waals surface area contributed by atoms with Crippen LogP contribution in [0.5, 0.6) is 0 Å². The van der Waals surface area contributed by atoms with Crippen LogP contribution in [0.1, 0.15) is 88.0 Å². The summed E-state index contributed by atoms with van der Waals surface area (Å²) in [7, 11) is 0. The highest BCUT2D eigenvalue weighted by Gasteiger charge is 2.20. The lowest BCUT2D eigenvalue weighted by molar-refractivity contribution is 0.749. The van der Waals surface area contributed by atoms with Crippen molar-refractivity contribution in [2.45, 2.75) is 104 Å². The predicted molar refractivity (Wildman–Crippen MR) is 180 cm³/mol. The molecule has 2 aromatic heterocycles. The van der Waals surface area contributed by atoms with E-state index in [1.807, 2.05) is 20.0 Å². The molecular weight excluding hydrogens is 552 g/mol. The average Bonchev–Trinajstić information content (AvgIpc) is 3.73. The zero-order valence-corrected chi connectivity index (χ0v) is 26.8. The third-order valence-corrected chi connectivity index (χ3v) is 8.88. The first-order valence-corrected chi connectivity index (χ1v) is 16.4. The molecule has 0 bridgehead atoms. The Balaban J connectivity index is 0.000000171. The van der Waals surface area contributed by atoms with Crippen LogP contribution in [0.2, 0.25) is 5.15 Å². The summed E-state index contributed by atoms with van der Waals surface area (Å²) in [5.41, 5.74) is 6.96. The van der Waals surface area contributed by atoms with Crippen molar-refractivity contribution < 1.29 is 0 Å². The molecule has 0 unspecified atom stereocenters. The second-order valence-corrected chi connectivity index (χ2v) is 12.2. The Kier molecular flexibility index (Phi) is 10.6. The van der Waals surface area contributed by atoms with E-state index in [1.54, 1.807) is 0 Å². The molecule has 6 nitrogen and oxygen atoms in total. The van der Waals surface area contributed by atoms with E-state index >= 15 is 0 Å². The normalized spacial score (nSPS) is 15.3. The van der Waals surface area contributed by atoms with Crippen LogP contribution in [0.3, 0.4) is 0 Å². The number of aromatic nitrogens is 4. The van der Waals surface area contributed by atoms with Gasteiger partial charge in [-0.15, -0.1) is 0 Å². The number of nitrogens with one attached hydrogen (secondary N) is 2.